The van der Waals surface area contributed by atoms with E-state index in [0.29, 0.717) is 25.8 Å². The van der Waals surface area contributed by atoms with Crippen LogP contribution in [0.1, 0.15) is 39.5 Å². The molecule has 18 N–H and O–H groups in total. The predicted molar refractivity (Wildman–Crippen MR) is 227 cm³/mol. The SMILES string of the molecule is CC(C)C1OC(COC2OC(CO)C(O)C(OC3CN(CCCCCC(O)C(O)C(OC4OC(CO)C(O)C(O)C4O)C(O)CO)CC(CO)O3)C2O)C(O)C(OC2OC(CO)C(O)C(O)C2O)C1O. The molecule has 5 saturated heterocycles. The number of unbranched alkanes of at least 4 members (excludes halogenated alkanes) is 2. The molecule has 70 heavy (non-hydrogen) atoms. The van der Waals surface area contributed by atoms with Gasteiger partial charge < -0.3 is 135 Å². The molecule has 412 valence electrons. The van der Waals surface area contributed by atoms with Crippen molar-refractivity contribution < 1.29 is 135 Å². The minimum absolute atomic E-state index is 0.0284. The molecule has 5 aliphatic heterocycles. The normalized spacial score (nSPS) is 44.0. The summed E-state index contributed by atoms with van der Waals surface area (Å²) in [5, 5.41) is 188. The molecule has 5 fully saturated rings. The molecule has 5 rings (SSSR count). The van der Waals surface area contributed by atoms with Gasteiger partial charge in [0.2, 0.25) is 0 Å². The second kappa shape index (κ2) is 27.6. The predicted octanol–water partition coefficient (Wildman–Crippen LogP) is -10.0. The van der Waals surface area contributed by atoms with Crippen molar-refractivity contribution in [1.82, 2.24) is 4.90 Å². The van der Waals surface area contributed by atoms with E-state index in [9.17, 15) is 91.9 Å². The van der Waals surface area contributed by atoms with E-state index >= 15 is 0 Å². The van der Waals surface area contributed by atoms with Crippen LogP contribution < -0.4 is 0 Å². The Morgan fingerprint density at radius 1 is 0.514 bits per heavy atom. The molecular formula is C42H77NO27. The maximum absolute atomic E-state index is 11.5. The highest BCUT2D eigenvalue weighted by molar-refractivity contribution is 4.98. The van der Waals surface area contributed by atoms with Gasteiger partial charge in [-0.3, -0.25) is 4.90 Å². The molecule has 26 unspecified atom stereocenters. The van der Waals surface area contributed by atoms with Crippen LogP contribution in [0, 0.1) is 5.92 Å². The largest absolute Gasteiger partial charge is 0.394 e. The Morgan fingerprint density at radius 3 is 1.66 bits per heavy atom. The summed E-state index contributed by atoms with van der Waals surface area (Å²) in [4.78, 5) is 1.88. The molecule has 26 atom stereocenters. The molecular weight excluding hydrogens is 950 g/mol. The minimum atomic E-state index is -1.88. The summed E-state index contributed by atoms with van der Waals surface area (Å²) in [6, 6.07) is 0. The molecule has 0 bridgehead atoms. The van der Waals surface area contributed by atoms with E-state index < -0.39 is 205 Å². The van der Waals surface area contributed by atoms with E-state index in [4.69, 9.17) is 42.6 Å². The molecule has 0 amide bonds. The van der Waals surface area contributed by atoms with Crippen molar-refractivity contribution in [3.8, 4) is 0 Å². The van der Waals surface area contributed by atoms with Gasteiger partial charge in [-0.15, -0.1) is 0 Å². The molecule has 0 radical (unpaired) electrons. The number of rotatable bonds is 24. The number of nitrogens with zero attached hydrogens (tertiary/aromatic N) is 1. The smallest absolute Gasteiger partial charge is 0.187 e. The highest BCUT2D eigenvalue weighted by Gasteiger charge is 2.53. The third-order valence-electron chi connectivity index (χ3n) is 13.4. The van der Waals surface area contributed by atoms with E-state index in [1.165, 1.54) is 0 Å². The van der Waals surface area contributed by atoms with Gasteiger partial charge in [0.15, 0.2) is 25.2 Å². The van der Waals surface area contributed by atoms with Crippen LogP contribution >= 0.6 is 0 Å². The van der Waals surface area contributed by atoms with E-state index in [0.717, 1.165) is 0 Å². The van der Waals surface area contributed by atoms with Crippen LogP contribution in [-0.4, -0.2) is 316 Å². The number of hydrogen-bond donors (Lipinski definition) is 18. The average molecular weight is 1030 g/mol. The zero-order valence-electron chi connectivity index (χ0n) is 39.0. The fraction of sp³-hybridized carbons (Fsp3) is 1.00. The monoisotopic (exact) mass is 1030 g/mol. The standard InChI is InChI=1S/C42H77NO27/c1-16(2)36-34(60)38(70-42-33(59)31(57)27(53)21(13-47)67-42)29(55)23(64-36)15-62-40-35(61)39(28(54)22(14-48)65-40)68-24-9-43(8-17(10-44)63-24)7-5-3-4-6-18(49)25(51)37(19(50)11-45)69-41-32(58)30(56)26(52)20(12-46)66-41/h16-42,44-61H,3-15H2,1-2H3. The molecule has 0 aromatic rings. The summed E-state index contributed by atoms with van der Waals surface area (Å²) in [5.74, 6) is -0.399. The summed E-state index contributed by atoms with van der Waals surface area (Å²) in [5.41, 5.74) is 0. The summed E-state index contributed by atoms with van der Waals surface area (Å²) in [6.45, 7) is -0.0984. The first-order chi connectivity index (χ1) is 33.2. The van der Waals surface area contributed by atoms with E-state index in [1.54, 1.807) is 13.8 Å². The summed E-state index contributed by atoms with van der Waals surface area (Å²) >= 11 is 0. The summed E-state index contributed by atoms with van der Waals surface area (Å²) in [6.07, 6.45) is -39.5. The van der Waals surface area contributed by atoms with Crippen molar-refractivity contribution in [1.29, 1.82) is 0 Å². The van der Waals surface area contributed by atoms with Gasteiger partial charge in [0.05, 0.1) is 58.0 Å². The van der Waals surface area contributed by atoms with Gasteiger partial charge in [0, 0.05) is 13.1 Å². The fourth-order valence-corrected chi connectivity index (χ4v) is 9.19. The lowest BCUT2D eigenvalue weighted by atomic mass is 9.89. The maximum Gasteiger partial charge on any atom is 0.187 e. The van der Waals surface area contributed by atoms with Crippen molar-refractivity contribution in [3.63, 3.8) is 0 Å². The van der Waals surface area contributed by atoms with Gasteiger partial charge in [-0.2, -0.15) is 0 Å². The van der Waals surface area contributed by atoms with Crippen LogP contribution in [0.25, 0.3) is 0 Å². The number of morpholine rings is 1. The first kappa shape index (κ1) is 59.8. The summed E-state index contributed by atoms with van der Waals surface area (Å²) in [7, 11) is 0. The molecule has 28 nitrogen and oxygen atoms in total. The van der Waals surface area contributed by atoms with E-state index in [-0.39, 0.29) is 19.5 Å². The van der Waals surface area contributed by atoms with Crippen molar-refractivity contribution in [2.75, 3.05) is 59.3 Å². The van der Waals surface area contributed by atoms with Crippen molar-refractivity contribution in [2.45, 2.75) is 199 Å². The van der Waals surface area contributed by atoms with E-state index in [2.05, 4.69) is 0 Å². The first-order valence-electron chi connectivity index (χ1n) is 23.7. The van der Waals surface area contributed by atoms with Gasteiger partial charge >= 0.3 is 0 Å². The molecule has 5 heterocycles. The maximum atomic E-state index is 11.5. The Morgan fingerprint density at radius 2 is 1.07 bits per heavy atom. The lowest BCUT2D eigenvalue weighted by molar-refractivity contribution is -0.354. The second-order valence-electron chi connectivity index (χ2n) is 18.9. The van der Waals surface area contributed by atoms with Crippen LogP contribution in [0.5, 0.6) is 0 Å². The van der Waals surface area contributed by atoms with Crippen molar-refractivity contribution in [3.05, 3.63) is 0 Å². The van der Waals surface area contributed by atoms with Gasteiger partial charge in [-0.25, -0.2) is 0 Å². The second-order valence-corrected chi connectivity index (χ2v) is 18.9. The topological polar surface area (TPSA) is 450 Å². The van der Waals surface area contributed by atoms with Crippen LogP contribution in [0.15, 0.2) is 0 Å². The zero-order chi connectivity index (χ0) is 51.7. The van der Waals surface area contributed by atoms with Crippen molar-refractivity contribution >= 4 is 0 Å². The average Bonchev–Trinajstić information content (AvgIpc) is 3.34. The fourth-order valence-electron chi connectivity index (χ4n) is 9.19. The highest BCUT2D eigenvalue weighted by atomic mass is 16.7. The van der Waals surface area contributed by atoms with Crippen LogP contribution in [0.4, 0.5) is 0 Å². The third kappa shape index (κ3) is 14.4. The van der Waals surface area contributed by atoms with Gasteiger partial charge in [-0.05, 0) is 25.3 Å². The lowest BCUT2D eigenvalue weighted by Gasteiger charge is -2.48. The van der Waals surface area contributed by atoms with Gasteiger partial charge in [-0.1, -0.05) is 26.7 Å². The molecule has 0 saturated carbocycles. The molecule has 0 aliphatic carbocycles. The number of aliphatic hydroxyl groups is 18. The number of hydrogen-bond acceptors (Lipinski definition) is 28. The minimum Gasteiger partial charge on any atom is -0.394 e. The molecule has 5 aliphatic rings. The summed E-state index contributed by atoms with van der Waals surface area (Å²) < 4.78 is 51.4. The lowest BCUT2D eigenvalue weighted by Crippen LogP contribution is -2.65. The molecule has 0 aromatic carbocycles. The Kier molecular flexibility index (Phi) is 23.6. The van der Waals surface area contributed by atoms with Crippen molar-refractivity contribution in [2.24, 2.45) is 5.92 Å². The molecule has 28 heteroatoms. The number of aliphatic hydroxyl groups excluding tert-OH is 18. The van der Waals surface area contributed by atoms with E-state index in [1.807, 2.05) is 4.90 Å². The van der Waals surface area contributed by atoms with Crippen LogP contribution in [0.2, 0.25) is 0 Å². The third-order valence-corrected chi connectivity index (χ3v) is 13.4. The molecule has 0 spiro atoms. The zero-order valence-corrected chi connectivity index (χ0v) is 39.0. The Balaban J connectivity index is 1.14. The first-order valence-corrected chi connectivity index (χ1v) is 23.7. The molecule has 0 aromatic heterocycles. The highest BCUT2D eigenvalue weighted by Crippen LogP contribution is 2.34. The quantitative estimate of drug-likeness (QED) is 0.0399. The van der Waals surface area contributed by atoms with Crippen LogP contribution in [0.3, 0.4) is 0 Å². The van der Waals surface area contributed by atoms with Crippen LogP contribution in [-0.2, 0) is 42.6 Å². The van der Waals surface area contributed by atoms with Gasteiger partial charge in [0.25, 0.3) is 0 Å². The Hall–Kier alpha value is -1.12. The Bertz CT molecular complexity index is 1490. The van der Waals surface area contributed by atoms with Gasteiger partial charge in [0.1, 0.15) is 116 Å². The number of ether oxygens (including phenoxy) is 9. The Labute approximate surface area is 403 Å².